The van der Waals surface area contributed by atoms with Gasteiger partial charge in [0.1, 0.15) is 11.2 Å². The molecule has 0 radical (unpaired) electrons. The Morgan fingerprint density at radius 2 is 1.04 bits per heavy atom. The number of nitrogens with zero attached hydrogens (tertiary/aromatic N) is 2. The van der Waals surface area contributed by atoms with Crippen molar-refractivity contribution in [3.63, 3.8) is 0 Å². The summed E-state index contributed by atoms with van der Waals surface area (Å²) in [5, 5.41) is 4.54. The van der Waals surface area contributed by atoms with Crippen LogP contribution in [0.1, 0.15) is 29.2 Å². The van der Waals surface area contributed by atoms with Crippen molar-refractivity contribution in [1.29, 1.82) is 0 Å². The molecule has 4 nitrogen and oxygen atoms in total. The first-order chi connectivity index (χ1) is 22.9. The molecule has 0 aliphatic rings. The zero-order valence-corrected chi connectivity index (χ0v) is 30.9. The van der Waals surface area contributed by atoms with Crippen LogP contribution in [0.2, 0.25) is 0 Å². The highest BCUT2D eigenvalue weighted by Gasteiger charge is 2.23. The third-order valence-electron chi connectivity index (χ3n) is 9.34. The highest BCUT2D eigenvalue weighted by atomic mass is 127. The largest absolute Gasteiger partial charge is 0.454 e. The summed E-state index contributed by atoms with van der Waals surface area (Å²) < 4.78 is 17.8. The van der Waals surface area contributed by atoms with Crippen LogP contribution in [0.25, 0.3) is 55.0 Å². The van der Waals surface area contributed by atoms with Crippen LogP contribution in [0.15, 0.2) is 118 Å². The lowest BCUT2D eigenvalue weighted by Crippen LogP contribution is -2.04. The van der Waals surface area contributed by atoms with Crippen LogP contribution in [0.4, 0.5) is 22.7 Å². The topological polar surface area (TPSA) is 32.8 Å². The summed E-state index contributed by atoms with van der Waals surface area (Å²) in [5.74, 6) is 0. The molecule has 0 fully saturated rings. The van der Waals surface area contributed by atoms with E-state index in [4.69, 9.17) is 8.83 Å². The maximum atomic E-state index is 6.80. The van der Waals surface area contributed by atoms with Gasteiger partial charge in [0, 0.05) is 21.5 Å². The highest BCUT2D eigenvalue weighted by molar-refractivity contribution is 14.1. The number of hydrogen-bond acceptors (Lipinski definition) is 4. The number of aryl methyl sites for hydroxylation is 3. The van der Waals surface area contributed by atoms with E-state index >= 15 is 0 Å². The minimum Gasteiger partial charge on any atom is -0.454 e. The van der Waals surface area contributed by atoms with E-state index in [0.29, 0.717) is 0 Å². The molecule has 0 amide bonds. The molecule has 0 saturated heterocycles. The van der Waals surface area contributed by atoms with Gasteiger partial charge in [-0.25, -0.2) is 0 Å². The fourth-order valence-corrected chi connectivity index (χ4v) is 8.64. The number of rotatable bonds is 6. The summed E-state index contributed by atoms with van der Waals surface area (Å²) in [6, 6.07) is 38.8. The Hall–Kier alpha value is -4.02. The average molecular weight is 839 g/mol. The lowest BCUT2D eigenvalue weighted by molar-refractivity contribution is 0.666. The van der Waals surface area contributed by atoms with Crippen molar-refractivity contribution in [2.75, 3.05) is 6.23 Å². The van der Waals surface area contributed by atoms with E-state index in [0.717, 1.165) is 84.1 Å². The van der Waals surface area contributed by atoms with E-state index in [1.54, 1.807) is 0 Å². The molecule has 232 valence electrons. The van der Waals surface area contributed by atoms with Gasteiger partial charge in [-0.05, 0) is 84.8 Å². The molecule has 2 heterocycles. The van der Waals surface area contributed by atoms with Crippen molar-refractivity contribution in [3.05, 3.63) is 131 Å². The summed E-state index contributed by atoms with van der Waals surface area (Å²) in [4.78, 5) is 0. The zero-order chi connectivity index (χ0) is 32.4. The van der Waals surface area contributed by atoms with E-state index in [-0.39, 0.29) is 0 Å². The summed E-state index contributed by atoms with van der Waals surface area (Å²) in [7, 11) is 0. The van der Waals surface area contributed by atoms with Gasteiger partial charge in [-0.1, -0.05) is 91.9 Å². The minimum absolute atomic E-state index is 0.898. The predicted molar refractivity (Wildman–Crippen MR) is 215 cm³/mol. The van der Waals surface area contributed by atoms with Crippen LogP contribution in [-0.4, -0.2) is 0 Å². The first-order valence-electron chi connectivity index (χ1n) is 15.8. The third-order valence-corrected chi connectivity index (χ3v) is 11.4. The molecule has 8 aromatic rings. The van der Waals surface area contributed by atoms with Gasteiger partial charge in [-0.2, -0.15) is 0 Å². The number of hydrogen-bond donors (Lipinski definition) is 0. The van der Waals surface area contributed by atoms with Crippen LogP contribution in [0, 0.1) is 20.8 Å². The van der Waals surface area contributed by atoms with E-state index in [1.807, 2.05) is 0 Å². The van der Waals surface area contributed by atoms with Crippen LogP contribution in [0.5, 0.6) is 0 Å². The Bertz CT molecular complexity index is 2490. The second-order valence-corrected chi connectivity index (χ2v) is 14.0. The number of anilines is 4. The van der Waals surface area contributed by atoms with Gasteiger partial charge < -0.3 is 8.83 Å². The lowest BCUT2D eigenvalue weighted by Gasteiger charge is -2.21. The van der Waals surface area contributed by atoms with Crippen LogP contribution >= 0.6 is 45.7 Å². The molecule has 8 rings (SSSR count). The highest BCUT2D eigenvalue weighted by Crippen LogP contribution is 2.47. The molecule has 0 saturated carbocycles. The van der Waals surface area contributed by atoms with Crippen molar-refractivity contribution in [2.24, 2.45) is 0 Å². The molecule has 0 N–H and O–H groups in total. The number of para-hydroxylation sites is 4. The van der Waals surface area contributed by atoms with E-state index in [1.165, 1.54) is 22.4 Å². The summed E-state index contributed by atoms with van der Waals surface area (Å²) in [6.45, 7) is 8.65. The van der Waals surface area contributed by atoms with Gasteiger partial charge in [0.05, 0.1) is 68.5 Å². The Labute approximate surface area is 301 Å². The molecule has 6 aromatic carbocycles. The maximum absolute atomic E-state index is 6.80. The van der Waals surface area contributed by atoms with Crippen molar-refractivity contribution in [2.45, 2.75) is 34.1 Å². The van der Waals surface area contributed by atoms with Crippen LogP contribution in [0.3, 0.4) is 0 Å². The molecular formula is C41H32I2N2O2. The van der Waals surface area contributed by atoms with E-state index < -0.39 is 0 Å². The number of benzene rings is 6. The number of halogens is 2. The molecule has 47 heavy (non-hydrogen) atoms. The molecular weight excluding hydrogens is 806 g/mol. The van der Waals surface area contributed by atoms with Gasteiger partial charge in [0.25, 0.3) is 0 Å². The monoisotopic (exact) mass is 838 g/mol. The molecule has 0 aliphatic carbocycles. The number of fused-ring (bicyclic) bond motifs is 6. The smallest absolute Gasteiger partial charge is 0.159 e. The Morgan fingerprint density at radius 3 is 1.81 bits per heavy atom. The summed E-state index contributed by atoms with van der Waals surface area (Å²) >= 11 is 4.84. The fraction of sp³-hybridized carbons (Fsp3) is 0.122. The normalized spacial score (nSPS) is 11.7. The molecule has 0 spiro atoms. The van der Waals surface area contributed by atoms with Gasteiger partial charge in [-0.3, -0.25) is 6.23 Å². The van der Waals surface area contributed by atoms with Crippen LogP contribution in [-0.2, 0) is 6.42 Å². The zero-order valence-electron chi connectivity index (χ0n) is 26.6. The second-order valence-electron chi connectivity index (χ2n) is 12.1. The summed E-state index contributed by atoms with van der Waals surface area (Å²) in [6.07, 6.45) is 0.961. The standard InChI is InChI=1S/C41H32I2N2O2/c1-5-27-13-6-7-18-34(27)45(43)36-21-11-17-32-37-29(23-22-25(3)39(37)47-41(32)36)28-14-9-19-33(26(28)4)44(42)35-20-10-16-31-30-15-8-12-24(2)38(30)46-40(31)35/h6-23H,5H2,1-4H3. The van der Waals surface area contributed by atoms with Crippen molar-refractivity contribution >= 4 is 112 Å². The Kier molecular flexibility index (Phi) is 7.68. The molecule has 0 bridgehead atoms. The van der Waals surface area contributed by atoms with Gasteiger partial charge in [0.2, 0.25) is 0 Å². The second kappa shape index (κ2) is 11.9. The molecule has 0 unspecified atom stereocenters. The van der Waals surface area contributed by atoms with E-state index in [9.17, 15) is 0 Å². The lowest BCUT2D eigenvalue weighted by atomic mass is 9.93. The van der Waals surface area contributed by atoms with Crippen LogP contribution < -0.4 is 6.23 Å². The first kappa shape index (κ1) is 30.3. The predicted octanol–water partition coefficient (Wildman–Crippen LogP) is 13.6. The van der Waals surface area contributed by atoms with Crippen molar-refractivity contribution in [3.8, 4) is 11.1 Å². The average Bonchev–Trinajstić information content (AvgIpc) is 3.69. The van der Waals surface area contributed by atoms with Gasteiger partial charge in [0.15, 0.2) is 11.2 Å². The number of furan rings is 2. The van der Waals surface area contributed by atoms with E-state index in [2.05, 4.69) is 189 Å². The maximum Gasteiger partial charge on any atom is 0.159 e. The summed E-state index contributed by atoms with van der Waals surface area (Å²) in [5.41, 5.74) is 15.1. The molecule has 0 atom stereocenters. The quantitative estimate of drug-likeness (QED) is 0.123. The molecule has 0 aliphatic heterocycles. The molecule has 2 aromatic heterocycles. The van der Waals surface area contributed by atoms with Gasteiger partial charge in [-0.15, -0.1) is 0 Å². The minimum atomic E-state index is 0.898. The van der Waals surface area contributed by atoms with Gasteiger partial charge >= 0.3 is 0 Å². The SMILES string of the molecule is CCc1ccccc1N(I)c1cccc2c1oc1c(C)ccc(-c3cccc(N(I)c4cccc5c4oc4c(C)cccc45)c3C)c12. The first-order valence-corrected chi connectivity index (χ1v) is 17.8. The third kappa shape index (κ3) is 4.82. The Morgan fingerprint density at radius 1 is 0.489 bits per heavy atom. The fourth-order valence-electron chi connectivity index (χ4n) is 6.89. The molecule has 6 heteroatoms. The van der Waals surface area contributed by atoms with Crippen molar-refractivity contribution < 1.29 is 8.83 Å². The Balaban J connectivity index is 1.29. The van der Waals surface area contributed by atoms with Crippen molar-refractivity contribution in [1.82, 2.24) is 0 Å².